The van der Waals surface area contributed by atoms with E-state index in [9.17, 15) is 4.79 Å². The van der Waals surface area contributed by atoms with Gasteiger partial charge in [-0.15, -0.1) is 0 Å². The molecule has 0 aliphatic carbocycles. The van der Waals surface area contributed by atoms with Gasteiger partial charge < -0.3 is 9.16 Å². The van der Waals surface area contributed by atoms with Gasteiger partial charge in [0.25, 0.3) is 0 Å². The second kappa shape index (κ2) is 12.3. The van der Waals surface area contributed by atoms with Crippen molar-refractivity contribution in [1.82, 2.24) is 0 Å². The van der Waals surface area contributed by atoms with Crippen LogP contribution in [0.25, 0.3) is 0 Å². The van der Waals surface area contributed by atoms with Crippen LogP contribution in [0.2, 0.25) is 19.6 Å². The van der Waals surface area contributed by atoms with Crippen molar-refractivity contribution in [3.05, 3.63) is 35.9 Å². The van der Waals surface area contributed by atoms with Gasteiger partial charge in [0.1, 0.15) is 6.10 Å². The number of rotatable bonds is 13. The van der Waals surface area contributed by atoms with Crippen LogP contribution in [0.5, 0.6) is 0 Å². The second-order valence-electron chi connectivity index (χ2n) is 7.68. The lowest BCUT2D eigenvalue weighted by Crippen LogP contribution is -2.38. The van der Waals surface area contributed by atoms with E-state index in [0.29, 0.717) is 6.61 Å². The highest BCUT2D eigenvalue weighted by molar-refractivity contribution is 6.69. The van der Waals surface area contributed by atoms with Crippen LogP contribution >= 0.6 is 0 Å². The van der Waals surface area contributed by atoms with Crippen LogP contribution in [0, 0.1) is 0 Å². The highest BCUT2D eigenvalue weighted by Gasteiger charge is 2.27. The molecule has 0 amide bonds. The first-order chi connectivity index (χ1) is 11.9. The fraction of sp³-hybridized carbons (Fsp3) is 0.667. The monoisotopic (exact) mass is 364 g/mol. The molecule has 1 aromatic carbocycles. The number of ether oxygens (including phenoxy) is 1. The Balaban J connectivity index is 2.38. The molecular formula is C21H36O3Si. The minimum atomic E-state index is -1.77. The van der Waals surface area contributed by atoms with Crippen LogP contribution in [-0.4, -0.2) is 27.0 Å². The van der Waals surface area contributed by atoms with Gasteiger partial charge in [0.05, 0.1) is 6.61 Å². The Hall–Kier alpha value is -1.13. The van der Waals surface area contributed by atoms with E-state index in [1.54, 1.807) is 0 Å². The molecule has 142 valence electrons. The molecule has 0 aliphatic heterocycles. The van der Waals surface area contributed by atoms with Crippen LogP contribution in [0.4, 0.5) is 0 Å². The molecule has 1 atom stereocenters. The van der Waals surface area contributed by atoms with Crippen molar-refractivity contribution >= 4 is 14.3 Å². The van der Waals surface area contributed by atoms with Crippen LogP contribution in [0.3, 0.4) is 0 Å². The zero-order valence-electron chi connectivity index (χ0n) is 16.6. The summed E-state index contributed by atoms with van der Waals surface area (Å²) in [6, 6.07) is 10.1. The summed E-state index contributed by atoms with van der Waals surface area (Å²) < 4.78 is 11.6. The van der Waals surface area contributed by atoms with Gasteiger partial charge in [0.15, 0.2) is 8.32 Å². The molecule has 1 unspecified atom stereocenters. The number of benzene rings is 1. The molecule has 0 saturated heterocycles. The van der Waals surface area contributed by atoms with E-state index in [1.807, 2.05) is 18.2 Å². The van der Waals surface area contributed by atoms with E-state index in [1.165, 1.54) is 37.7 Å². The molecule has 0 radical (unpaired) electrons. The molecule has 1 rings (SSSR count). The molecule has 0 bridgehead atoms. The van der Waals surface area contributed by atoms with E-state index >= 15 is 0 Å². The van der Waals surface area contributed by atoms with E-state index < -0.39 is 14.4 Å². The van der Waals surface area contributed by atoms with E-state index in [0.717, 1.165) is 19.3 Å². The maximum Gasteiger partial charge on any atom is 0.334 e. The Bertz CT molecular complexity index is 468. The summed E-state index contributed by atoms with van der Waals surface area (Å²) in [6.07, 6.45) is 8.44. The minimum Gasteiger partial charge on any atom is -0.463 e. The van der Waals surface area contributed by atoms with Gasteiger partial charge in [-0.05, 0) is 31.6 Å². The van der Waals surface area contributed by atoms with Crippen LogP contribution in [0.15, 0.2) is 30.3 Å². The molecule has 0 aliphatic rings. The molecule has 0 spiro atoms. The molecular weight excluding hydrogens is 328 g/mol. The number of carbonyl (C=O) groups excluding carboxylic acids is 1. The summed E-state index contributed by atoms with van der Waals surface area (Å²) in [5.41, 5.74) is 1.19. The highest BCUT2D eigenvalue weighted by atomic mass is 28.4. The molecule has 0 heterocycles. The third-order valence-electron chi connectivity index (χ3n) is 4.06. The smallest absolute Gasteiger partial charge is 0.334 e. The van der Waals surface area contributed by atoms with Gasteiger partial charge in [-0.25, -0.2) is 4.79 Å². The van der Waals surface area contributed by atoms with Gasteiger partial charge in [0.2, 0.25) is 0 Å². The van der Waals surface area contributed by atoms with Crippen molar-refractivity contribution in [2.24, 2.45) is 0 Å². The Kier molecular flexibility index (Phi) is 10.7. The zero-order chi connectivity index (χ0) is 18.5. The maximum absolute atomic E-state index is 12.5. The Morgan fingerprint density at radius 1 is 1.00 bits per heavy atom. The largest absolute Gasteiger partial charge is 0.463 e. The van der Waals surface area contributed by atoms with E-state index in [4.69, 9.17) is 9.16 Å². The molecule has 0 N–H and O–H groups in total. The molecule has 4 heteroatoms. The summed E-state index contributed by atoms with van der Waals surface area (Å²) in [5, 5.41) is 0. The predicted molar refractivity (Wildman–Crippen MR) is 107 cm³/mol. The lowest BCUT2D eigenvalue weighted by Gasteiger charge is -2.25. The molecule has 0 aromatic heterocycles. The molecule has 3 nitrogen and oxygen atoms in total. The number of hydrogen-bond donors (Lipinski definition) is 0. The van der Waals surface area contributed by atoms with Crippen molar-refractivity contribution in [2.75, 3.05) is 6.61 Å². The van der Waals surface area contributed by atoms with Gasteiger partial charge in [0, 0.05) is 6.42 Å². The summed E-state index contributed by atoms with van der Waals surface area (Å²) in [7, 11) is -1.77. The number of unbranched alkanes of at least 4 members (excludes halogenated alkanes) is 5. The summed E-state index contributed by atoms with van der Waals surface area (Å²) in [5.74, 6) is -0.188. The quantitative estimate of drug-likeness (QED) is 0.254. The van der Waals surface area contributed by atoms with Crippen molar-refractivity contribution in [3.8, 4) is 0 Å². The van der Waals surface area contributed by atoms with Crippen molar-refractivity contribution in [2.45, 2.75) is 84.0 Å². The zero-order valence-corrected chi connectivity index (χ0v) is 17.6. The Labute approximate surface area is 155 Å². The van der Waals surface area contributed by atoms with Crippen LogP contribution < -0.4 is 0 Å². The molecule has 0 saturated carbocycles. The molecule has 1 aromatic rings. The van der Waals surface area contributed by atoms with Gasteiger partial charge in [-0.3, -0.25) is 0 Å². The molecule has 0 fully saturated rings. The first kappa shape index (κ1) is 21.9. The highest BCUT2D eigenvalue weighted by Crippen LogP contribution is 2.16. The first-order valence-electron chi connectivity index (χ1n) is 9.81. The van der Waals surface area contributed by atoms with Crippen molar-refractivity contribution in [1.29, 1.82) is 0 Å². The Morgan fingerprint density at radius 3 is 2.28 bits per heavy atom. The first-order valence-corrected chi connectivity index (χ1v) is 13.2. The fourth-order valence-corrected chi connectivity index (χ4v) is 3.84. The fourth-order valence-electron chi connectivity index (χ4n) is 2.77. The SMILES string of the molecule is CCCCCCCCC(O[Si](C)(C)C)C(=O)OCCc1ccccc1. The third-order valence-corrected chi connectivity index (χ3v) is 5.05. The Morgan fingerprint density at radius 2 is 1.64 bits per heavy atom. The van der Waals surface area contributed by atoms with Crippen molar-refractivity contribution < 1.29 is 14.0 Å². The average molecular weight is 365 g/mol. The summed E-state index contributed by atoms with van der Waals surface area (Å²) in [4.78, 5) is 12.5. The van der Waals surface area contributed by atoms with Crippen LogP contribution in [-0.2, 0) is 20.4 Å². The van der Waals surface area contributed by atoms with Crippen LogP contribution in [0.1, 0.15) is 57.4 Å². The van der Waals surface area contributed by atoms with Gasteiger partial charge in [-0.1, -0.05) is 75.8 Å². The topological polar surface area (TPSA) is 35.5 Å². The van der Waals surface area contributed by atoms with Crippen molar-refractivity contribution in [3.63, 3.8) is 0 Å². The molecule has 25 heavy (non-hydrogen) atoms. The standard InChI is InChI=1S/C21H36O3Si/c1-5-6-7-8-9-13-16-20(24-25(2,3)4)21(22)23-18-17-19-14-11-10-12-15-19/h10-12,14-15,20H,5-9,13,16-18H2,1-4H3. The minimum absolute atomic E-state index is 0.188. The van der Waals surface area contributed by atoms with Gasteiger partial charge in [-0.2, -0.15) is 0 Å². The third kappa shape index (κ3) is 11.2. The maximum atomic E-state index is 12.5. The number of hydrogen-bond acceptors (Lipinski definition) is 3. The lowest BCUT2D eigenvalue weighted by atomic mass is 10.1. The number of carbonyl (C=O) groups is 1. The summed E-state index contributed by atoms with van der Waals surface area (Å²) >= 11 is 0. The lowest BCUT2D eigenvalue weighted by molar-refractivity contribution is -0.152. The average Bonchev–Trinajstić information content (AvgIpc) is 2.56. The predicted octanol–water partition coefficient (Wildman–Crippen LogP) is 5.74. The normalized spacial score (nSPS) is 12.8. The summed E-state index contributed by atoms with van der Waals surface area (Å²) in [6.45, 7) is 9.02. The second-order valence-corrected chi connectivity index (χ2v) is 12.1. The van der Waals surface area contributed by atoms with E-state index in [2.05, 4.69) is 38.7 Å². The van der Waals surface area contributed by atoms with Gasteiger partial charge >= 0.3 is 5.97 Å². The van der Waals surface area contributed by atoms with E-state index in [-0.39, 0.29) is 5.97 Å². The number of esters is 1.